The van der Waals surface area contributed by atoms with Crippen LogP contribution in [0.1, 0.15) is 61.9 Å². The van der Waals surface area contributed by atoms with Gasteiger partial charge in [-0.05, 0) is 74.7 Å². The number of hydrogen-bond donors (Lipinski definition) is 1. The first kappa shape index (κ1) is 24.4. The topological polar surface area (TPSA) is 86.2 Å². The van der Waals surface area contributed by atoms with E-state index in [9.17, 15) is 14.0 Å². The summed E-state index contributed by atoms with van der Waals surface area (Å²) < 4.78 is 19.2. The first-order chi connectivity index (χ1) is 18.0. The summed E-state index contributed by atoms with van der Waals surface area (Å²) in [6.45, 7) is 2.73. The van der Waals surface area contributed by atoms with E-state index in [0.717, 1.165) is 54.7 Å². The normalized spacial score (nSPS) is 21.1. The Labute approximate surface area is 217 Å². The average Bonchev–Trinajstić information content (AvgIpc) is 3.31. The van der Waals surface area contributed by atoms with Crippen molar-refractivity contribution in [1.29, 1.82) is 0 Å². The molecule has 4 aromatic heterocycles. The molecule has 0 amide bonds. The highest BCUT2D eigenvalue weighted by molar-refractivity contribution is 7.99. The van der Waals surface area contributed by atoms with Gasteiger partial charge >= 0.3 is 5.69 Å². The minimum atomic E-state index is -0.560. The number of nitrogens with one attached hydrogen (secondary N) is 1. The number of fused-ring (bicyclic) bond motifs is 2. The molecule has 2 aliphatic rings. The van der Waals surface area contributed by atoms with Crippen LogP contribution in [0.25, 0.3) is 16.7 Å². The number of halogens is 1. The van der Waals surface area contributed by atoms with E-state index in [1.807, 2.05) is 22.2 Å². The van der Waals surface area contributed by atoms with Gasteiger partial charge in [-0.3, -0.25) is 13.9 Å². The predicted octanol–water partition coefficient (Wildman–Crippen LogP) is 4.00. The molecule has 1 saturated carbocycles. The van der Waals surface area contributed by atoms with Gasteiger partial charge in [0.15, 0.2) is 0 Å². The van der Waals surface area contributed by atoms with Gasteiger partial charge in [0.2, 0.25) is 0 Å². The van der Waals surface area contributed by atoms with Gasteiger partial charge in [0, 0.05) is 37.1 Å². The zero-order chi connectivity index (χ0) is 25.5. The van der Waals surface area contributed by atoms with E-state index in [1.54, 1.807) is 4.57 Å². The smallest absolute Gasteiger partial charge is 0.308 e. The van der Waals surface area contributed by atoms with Gasteiger partial charge < -0.3 is 9.72 Å². The Hall–Kier alpha value is -2.98. The second-order valence-electron chi connectivity index (χ2n) is 10.3. The van der Waals surface area contributed by atoms with Gasteiger partial charge in [-0.15, -0.1) is 0 Å². The molecule has 37 heavy (non-hydrogen) atoms. The molecule has 6 rings (SSSR count). The zero-order valence-electron chi connectivity index (χ0n) is 20.9. The fraction of sp³-hybridized carbons (Fsp3) is 0.481. The van der Waals surface area contributed by atoms with Crippen LogP contribution in [0.15, 0.2) is 46.4 Å². The summed E-state index contributed by atoms with van der Waals surface area (Å²) in [5.41, 5.74) is 2.69. The van der Waals surface area contributed by atoms with Gasteiger partial charge in [0.1, 0.15) is 17.1 Å². The maximum absolute atomic E-state index is 14.1. The van der Waals surface area contributed by atoms with E-state index >= 15 is 0 Å². The molecule has 1 N–H and O–H groups in total. The Morgan fingerprint density at radius 3 is 2.57 bits per heavy atom. The third-order valence-corrected chi connectivity index (χ3v) is 8.81. The van der Waals surface area contributed by atoms with Crippen molar-refractivity contribution in [2.45, 2.75) is 70.1 Å². The Bertz CT molecular complexity index is 1560. The lowest BCUT2D eigenvalue weighted by Crippen LogP contribution is -2.46. The van der Waals surface area contributed by atoms with Crippen molar-refractivity contribution in [2.75, 3.05) is 11.5 Å². The van der Waals surface area contributed by atoms with Crippen molar-refractivity contribution in [3.63, 3.8) is 0 Å². The van der Waals surface area contributed by atoms with Crippen LogP contribution < -0.4 is 16.6 Å². The second kappa shape index (κ2) is 10.1. The first-order valence-corrected chi connectivity index (χ1v) is 14.2. The van der Waals surface area contributed by atoms with E-state index in [0.29, 0.717) is 25.0 Å². The van der Waals surface area contributed by atoms with Crippen molar-refractivity contribution in [3.8, 4) is 0 Å². The molecule has 194 valence electrons. The minimum Gasteiger partial charge on any atom is -0.308 e. The third kappa shape index (κ3) is 4.72. The number of thioether (sulfide) groups is 1. The molecule has 0 bridgehead atoms. The maximum atomic E-state index is 14.1. The number of aromatic nitrogens is 5. The van der Waals surface area contributed by atoms with E-state index in [2.05, 4.69) is 40.7 Å². The summed E-state index contributed by atoms with van der Waals surface area (Å²) in [6, 6.07) is 5.38. The van der Waals surface area contributed by atoms with E-state index in [-0.39, 0.29) is 29.2 Å². The van der Waals surface area contributed by atoms with Crippen LogP contribution in [-0.2, 0) is 6.54 Å². The summed E-state index contributed by atoms with van der Waals surface area (Å²) in [5, 5.41) is 3.80. The third-order valence-electron chi connectivity index (χ3n) is 7.76. The summed E-state index contributed by atoms with van der Waals surface area (Å²) >= 11 is 1.87. The van der Waals surface area contributed by atoms with Crippen LogP contribution in [0.2, 0.25) is 0 Å². The SMILES string of the molecule is Cc1ccc2nc(CNC3CCC(n4c(=O)c5cc(F)cnc5n(C5CCSCC5)c4=O)CC3)cn2c1. The molecule has 1 aliphatic heterocycles. The highest BCUT2D eigenvalue weighted by Gasteiger charge is 2.29. The molecule has 10 heteroatoms. The van der Waals surface area contributed by atoms with Crippen molar-refractivity contribution in [2.24, 2.45) is 0 Å². The average molecular weight is 523 g/mol. The molecule has 8 nitrogen and oxygen atoms in total. The summed E-state index contributed by atoms with van der Waals surface area (Å²) in [7, 11) is 0. The first-order valence-electron chi connectivity index (χ1n) is 13.1. The summed E-state index contributed by atoms with van der Waals surface area (Å²) in [6.07, 6.45) is 10.0. The molecule has 1 saturated heterocycles. The molecule has 0 unspecified atom stereocenters. The molecule has 0 spiro atoms. The number of aryl methyl sites for hydroxylation is 1. The molecule has 2 fully saturated rings. The predicted molar refractivity (Wildman–Crippen MR) is 144 cm³/mol. The van der Waals surface area contributed by atoms with Crippen molar-refractivity contribution < 1.29 is 4.39 Å². The van der Waals surface area contributed by atoms with E-state index < -0.39 is 11.4 Å². The Morgan fingerprint density at radius 1 is 1.03 bits per heavy atom. The maximum Gasteiger partial charge on any atom is 0.333 e. The van der Waals surface area contributed by atoms with Crippen LogP contribution in [0.5, 0.6) is 0 Å². The van der Waals surface area contributed by atoms with Crippen LogP contribution in [0, 0.1) is 12.7 Å². The number of rotatable bonds is 5. The van der Waals surface area contributed by atoms with Crippen molar-refractivity contribution >= 4 is 28.4 Å². The van der Waals surface area contributed by atoms with E-state index in [4.69, 9.17) is 0 Å². The lowest BCUT2D eigenvalue weighted by molar-refractivity contribution is 0.274. The molecule has 0 aromatic carbocycles. The van der Waals surface area contributed by atoms with Crippen LogP contribution in [-0.4, -0.2) is 41.1 Å². The number of nitrogens with zero attached hydrogens (tertiary/aromatic N) is 5. The van der Waals surface area contributed by atoms with Crippen molar-refractivity contribution in [1.82, 2.24) is 28.8 Å². The van der Waals surface area contributed by atoms with Crippen LogP contribution in [0.3, 0.4) is 0 Å². The largest absolute Gasteiger partial charge is 0.333 e. The standard InChI is InChI=1S/C27H31FN6O2S/c1-17-2-7-24-31-20(16-32(24)15-17)14-29-19-3-5-21(6-4-19)34-26(35)23-12-18(28)13-30-25(23)33(27(34)36)22-8-10-37-11-9-22/h2,7,12-13,15-16,19,21-22,29H,3-6,8-11,14H2,1H3. The Morgan fingerprint density at radius 2 is 1.78 bits per heavy atom. The monoisotopic (exact) mass is 522 g/mol. The Kier molecular flexibility index (Phi) is 6.62. The van der Waals surface area contributed by atoms with Gasteiger partial charge in [0.05, 0.1) is 17.3 Å². The molecular weight excluding hydrogens is 491 g/mol. The number of hydrogen-bond acceptors (Lipinski definition) is 6. The summed E-state index contributed by atoms with van der Waals surface area (Å²) in [5.74, 6) is 1.36. The lowest BCUT2D eigenvalue weighted by Gasteiger charge is -2.31. The Balaban J connectivity index is 1.22. The van der Waals surface area contributed by atoms with Gasteiger partial charge in [0.25, 0.3) is 5.56 Å². The van der Waals surface area contributed by atoms with Crippen molar-refractivity contribution in [3.05, 3.63) is 74.7 Å². The van der Waals surface area contributed by atoms with Crippen LogP contribution in [0.4, 0.5) is 4.39 Å². The molecule has 0 radical (unpaired) electrons. The molecular formula is C27H31FN6O2S. The quantitative estimate of drug-likeness (QED) is 0.427. The molecule has 0 atom stereocenters. The highest BCUT2D eigenvalue weighted by Crippen LogP contribution is 2.30. The molecule has 5 heterocycles. The number of pyridine rings is 2. The number of imidazole rings is 1. The lowest BCUT2D eigenvalue weighted by atomic mass is 9.91. The highest BCUT2D eigenvalue weighted by atomic mass is 32.2. The van der Waals surface area contributed by atoms with Gasteiger partial charge in [-0.25, -0.2) is 19.2 Å². The zero-order valence-corrected chi connectivity index (χ0v) is 21.7. The fourth-order valence-electron chi connectivity index (χ4n) is 5.83. The van der Waals surface area contributed by atoms with E-state index in [1.165, 1.54) is 16.2 Å². The van der Waals surface area contributed by atoms with Crippen LogP contribution >= 0.6 is 11.8 Å². The molecule has 4 aromatic rings. The minimum absolute atomic E-state index is 0.0201. The molecule has 1 aliphatic carbocycles. The summed E-state index contributed by atoms with van der Waals surface area (Å²) in [4.78, 5) is 36.1. The second-order valence-corrected chi connectivity index (χ2v) is 11.5. The van der Waals surface area contributed by atoms with Gasteiger partial charge in [-0.1, -0.05) is 6.07 Å². The van der Waals surface area contributed by atoms with Gasteiger partial charge in [-0.2, -0.15) is 11.8 Å². The fourth-order valence-corrected chi connectivity index (χ4v) is 6.91.